The van der Waals surface area contributed by atoms with E-state index in [1.54, 1.807) is 12.3 Å². The van der Waals surface area contributed by atoms with E-state index in [-0.39, 0.29) is 17.5 Å². The minimum Gasteiger partial charge on any atom is -0.360 e. The van der Waals surface area contributed by atoms with Crippen molar-refractivity contribution < 1.29 is 9.18 Å². The lowest BCUT2D eigenvalue weighted by Gasteiger charge is -2.09. The van der Waals surface area contributed by atoms with Crippen LogP contribution in [0.3, 0.4) is 0 Å². The van der Waals surface area contributed by atoms with Crippen LogP contribution in [0, 0.1) is 11.7 Å². The number of aromatic nitrogens is 1. The summed E-state index contributed by atoms with van der Waals surface area (Å²) in [6, 6.07) is 4.47. The van der Waals surface area contributed by atoms with E-state index in [1.165, 1.54) is 12.1 Å². The molecule has 0 radical (unpaired) electrons. The Kier molecular flexibility index (Phi) is 3.27. The number of carbonyl (C=O) groups is 1. The molecule has 0 aliphatic rings. The Morgan fingerprint density at radius 1 is 1.35 bits per heavy atom. The molecule has 2 rings (SSSR count). The first kappa shape index (κ1) is 11.8. The second-order valence-electron chi connectivity index (χ2n) is 4.27. The minimum atomic E-state index is -0.291. The summed E-state index contributed by atoms with van der Waals surface area (Å²) in [4.78, 5) is 15.2. The molecule has 0 saturated carbocycles. The summed E-state index contributed by atoms with van der Waals surface area (Å²) in [6.07, 6.45) is 3.36. The summed E-state index contributed by atoms with van der Waals surface area (Å²) in [5.41, 5.74) is 1.35. The molecule has 17 heavy (non-hydrogen) atoms. The van der Waals surface area contributed by atoms with Gasteiger partial charge in [0.25, 0.3) is 0 Å². The maximum Gasteiger partial charge on any atom is 0.168 e. The van der Waals surface area contributed by atoms with Crippen molar-refractivity contribution >= 4 is 16.7 Å². The molecule has 0 bridgehead atoms. The zero-order valence-electron chi connectivity index (χ0n) is 10.1. The van der Waals surface area contributed by atoms with Gasteiger partial charge in [0.05, 0.1) is 0 Å². The van der Waals surface area contributed by atoms with Crippen LogP contribution in [-0.4, -0.2) is 10.8 Å². The second kappa shape index (κ2) is 4.70. The lowest BCUT2D eigenvalue weighted by molar-refractivity contribution is 0.0915. The molecule has 0 fully saturated rings. The molecule has 0 spiro atoms. The van der Waals surface area contributed by atoms with E-state index in [4.69, 9.17) is 0 Å². The summed E-state index contributed by atoms with van der Waals surface area (Å²) in [7, 11) is 0. The van der Waals surface area contributed by atoms with Crippen LogP contribution in [0.4, 0.5) is 4.39 Å². The van der Waals surface area contributed by atoms with Gasteiger partial charge in [0, 0.05) is 28.6 Å². The van der Waals surface area contributed by atoms with Gasteiger partial charge in [-0.3, -0.25) is 4.79 Å². The number of ketones is 1. The zero-order chi connectivity index (χ0) is 12.4. The van der Waals surface area contributed by atoms with Gasteiger partial charge in [-0.2, -0.15) is 0 Å². The van der Waals surface area contributed by atoms with E-state index in [0.29, 0.717) is 11.1 Å². The van der Waals surface area contributed by atoms with Crippen molar-refractivity contribution in [1.82, 2.24) is 4.98 Å². The molecule has 1 aromatic heterocycles. The quantitative estimate of drug-likeness (QED) is 0.797. The predicted molar refractivity (Wildman–Crippen MR) is 66.7 cm³/mol. The third kappa shape index (κ3) is 2.09. The van der Waals surface area contributed by atoms with Gasteiger partial charge in [0.2, 0.25) is 0 Å². The van der Waals surface area contributed by atoms with Crippen molar-refractivity contribution in [2.45, 2.75) is 26.7 Å². The Balaban J connectivity index is 2.46. The van der Waals surface area contributed by atoms with E-state index in [1.807, 2.05) is 13.8 Å². The predicted octanol–water partition coefficient (Wildman–Crippen LogP) is 3.93. The second-order valence-corrected chi connectivity index (χ2v) is 4.27. The van der Waals surface area contributed by atoms with Crippen LogP contribution in [0.15, 0.2) is 24.4 Å². The number of halogens is 1. The van der Waals surface area contributed by atoms with Gasteiger partial charge in [-0.15, -0.1) is 0 Å². The lowest BCUT2D eigenvalue weighted by atomic mass is 9.93. The highest BCUT2D eigenvalue weighted by Crippen LogP contribution is 2.24. The summed E-state index contributed by atoms with van der Waals surface area (Å²) in [6.45, 7) is 4.03. The number of aromatic amines is 1. The van der Waals surface area contributed by atoms with Crippen LogP contribution in [0.5, 0.6) is 0 Å². The Labute approximate surface area is 99.8 Å². The maximum absolute atomic E-state index is 13.0. The number of benzene rings is 1. The molecule has 1 aromatic carbocycles. The number of rotatable bonds is 4. The molecule has 2 nitrogen and oxygen atoms in total. The molecule has 0 saturated heterocycles. The fraction of sp³-hybridized carbons (Fsp3) is 0.357. The Bertz CT molecular complexity index is 540. The summed E-state index contributed by atoms with van der Waals surface area (Å²) < 4.78 is 13.0. The fourth-order valence-corrected chi connectivity index (χ4v) is 2.18. The molecule has 2 aromatic rings. The van der Waals surface area contributed by atoms with E-state index in [0.717, 1.165) is 18.2 Å². The number of hydrogen-bond acceptors (Lipinski definition) is 1. The highest BCUT2D eigenvalue weighted by atomic mass is 19.1. The van der Waals surface area contributed by atoms with Crippen LogP contribution in [0.25, 0.3) is 10.9 Å². The highest BCUT2D eigenvalue weighted by Gasteiger charge is 2.19. The lowest BCUT2D eigenvalue weighted by Crippen LogP contribution is -2.12. The van der Waals surface area contributed by atoms with Crippen molar-refractivity contribution in [3.8, 4) is 0 Å². The maximum atomic E-state index is 13.0. The smallest absolute Gasteiger partial charge is 0.168 e. The summed E-state index contributed by atoms with van der Waals surface area (Å²) >= 11 is 0. The standard InChI is InChI=1S/C14H16FNO/c1-3-9(4-2)14(17)12-8-16-13-7-10(15)5-6-11(12)13/h5-9,16H,3-4H2,1-2H3. The largest absolute Gasteiger partial charge is 0.360 e. The molecule has 1 heterocycles. The van der Waals surface area contributed by atoms with E-state index in [9.17, 15) is 9.18 Å². The topological polar surface area (TPSA) is 32.9 Å². The van der Waals surface area contributed by atoms with Gasteiger partial charge < -0.3 is 4.98 Å². The molecule has 0 unspecified atom stereocenters. The van der Waals surface area contributed by atoms with E-state index in [2.05, 4.69) is 4.98 Å². The van der Waals surface area contributed by atoms with Gasteiger partial charge in [0.1, 0.15) is 5.82 Å². The molecule has 1 N–H and O–H groups in total. The van der Waals surface area contributed by atoms with Crippen LogP contribution in [0.1, 0.15) is 37.0 Å². The number of H-pyrrole nitrogens is 1. The summed E-state index contributed by atoms with van der Waals surface area (Å²) in [5, 5.41) is 0.809. The average molecular weight is 233 g/mol. The van der Waals surface area contributed by atoms with Crippen molar-refractivity contribution in [1.29, 1.82) is 0 Å². The van der Waals surface area contributed by atoms with Crippen molar-refractivity contribution in [3.05, 3.63) is 35.8 Å². The van der Waals surface area contributed by atoms with E-state index >= 15 is 0 Å². The number of hydrogen-bond donors (Lipinski definition) is 1. The third-order valence-corrected chi connectivity index (χ3v) is 3.27. The molecule has 0 atom stereocenters. The van der Waals surface area contributed by atoms with Gasteiger partial charge in [-0.25, -0.2) is 4.39 Å². The summed E-state index contributed by atoms with van der Waals surface area (Å²) in [5.74, 6) is -0.0900. The SMILES string of the molecule is CCC(CC)C(=O)c1c[nH]c2cc(F)ccc12. The van der Waals surface area contributed by atoms with Crippen molar-refractivity contribution in [2.75, 3.05) is 0 Å². The first-order chi connectivity index (χ1) is 8.17. The van der Waals surface area contributed by atoms with Crippen molar-refractivity contribution in [2.24, 2.45) is 5.92 Å². The number of nitrogens with one attached hydrogen (secondary N) is 1. The molecule has 90 valence electrons. The molecule has 0 aliphatic heterocycles. The fourth-order valence-electron chi connectivity index (χ4n) is 2.18. The van der Waals surface area contributed by atoms with E-state index < -0.39 is 0 Å². The highest BCUT2D eigenvalue weighted by molar-refractivity contribution is 6.08. The number of fused-ring (bicyclic) bond motifs is 1. The first-order valence-corrected chi connectivity index (χ1v) is 5.98. The van der Waals surface area contributed by atoms with Gasteiger partial charge in [0.15, 0.2) is 5.78 Å². The van der Waals surface area contributed by atoms with Gasteiger partial charge in [-0.05, 0) is 31.0 Å². The first-order valence-electron chi connectivity index (χ1n) is 5.98. The van der Waals surface area contributed by atoms with Gasteiger partial charge in [-0.1, -0.05) is 13.8 Å². The Hall–Kier alpha value is -1.64. The molecule has 0 aliphatic carbocycles. The molecule has 3 heteroatoms. The van der Waals surface area contributed by atoms with Crippen molar-refractivity contribution in [3.63, 3.8) is 0 Å². The van der Waals surface area contributed by atoms with Crippen LogP contribution in [-0.2, 0) is 0 Å². The average Bonchev–Trinajstić information content (AvgIpc) is 2.73. The Morgan fingerprint density at radius 2 is 2.06 bits per heavy atom. The number of carbonyl (C=O) groups excluding carboxylic acids is 1. The van der Waals surface area contributed by atoms with Crippen LogP contribution in [0.2, 0.25) is 0 Å². The number of Topliss-reactive ketones (excluding diaryl/α,β-unsaturated/α-hetero) is 1. The van der Waals surface area contributed by atoms with Gasteiger partial charge >= 0.3 is 0 Å². The zero-order valence-corrected chi connectivity index (χ0v) is 10.1. The monoisotopic (exact) mass is 233 g/mol. The Morgan fingerprint density at radius 3 is 2.71 bits per heavy atom. The normalized spacial score (nSPS) is 11.3. The minimum absolute atomic E-state index is 0.0547. The molecular formula is C14H16FNO. The molecular weight excluding hydrogens is 217 g/mol. The third-order valence-electron chi connectivity index (χ3n) is 3.27. The van der Waals surface area contributed by atoms with Crippen LogP contribution >= 0.6 is 0 Å². The molecule has 0 amide bonds. The van der Waals surface area contributed by atoms with Crippen LogP contribution < -0.4 is 0 Å².